The van der Waals surface area contributed by atoms with E-state index < -0.39 is 17.5 Å². The Labute approximate surface area is 198 Å². The Bertz CT molecular complexity index is 1060. The van der Waals surface area contributed by atoms with Gasteiger partial charge >= 0.3 is 12.1 Å². The van der Waals surface area contributed by atoms with E-state index in [0.29, 0.717) is 12.8 Å². The number of carboxylic acids is 1. The summed E-state index contributed by atoms with van der Waals surface area (Å²) in [7, 11) is 0. The highest BCUT2D eigenvalue weighted by atomic mass is 16.5. The molecule has 0 heterocycles. The van der Waals surface area contributed by atoms with Gasteiger partial charge in [-0.1, -0.05) is 55.0 Å². The Morgan fingerprint density at radius 2 is 1.62 bits per heavy atom. The van der Waals surface area contributed by atoms with Crippen molar-refractivity contribution in [2.45, 2.75) is 50.5 Å². The third-order valence-corrected chi connectivity index (χ3v) is 7.63. The molecule has 5 rings (SSSR count). The largest absolute Gasteiger partial charge is 0.481 e. The van der Waals surface area contributed by atoms with Crippen LogP contribution in [0.1, 0.15) is 55.6 Å². The molecule has 3 aliphatic rings. The van der Waals surface area contributed by atoms with Crippen molar-refractivity contribution in [2.75, 3.05) is 13.2 Å². The lowest BCUT2D eigenvalue weighted by Gasteiger charge is -2.37. The number of rotatable bonds is 9. The molecule has 2 fully saturated rings. The van der Waals surface area contributed by atoms with Crippen LogP contribution in [0.4, 0.5) is 4.79 Å². The molecule has 2 aromatic carbocycles. The molecule has 2 aromatic rings. The first-order chi connectivity index (χ1) is 16.5. The average molecular weight is 463 g/mol. The van der Waals surface area contributed by atoms with Crippen molar-refractivity contribution in [3.8, 4) is 11.1 Å². The number of aliphatic carboxylic acids is 1. The first-order valence-electron chi connectivity index (χ1n) is 12.1. The molecule has 0 bridgehead atoms. The van der Waals surface area contributed by atoms with Crippen LogP contribution in [0.25, 0.3) is 11.1 Å². The molecular formula is C27H30N2O5. The molecule has 0 aromatic heterocycles. The molecule has 0 spiro atoms. The second kappa shape index (κ2) is 9.12. The van der Waals surface area contributed by atoms with E-state index in [-0.39, 0.29) is 43.4 Å². The maximum Gasteiger partial charge on any atom is 0.407 e. The molecule has 1 atom stereocenters. The monoisotopic (exact) mass is 462 g/mol. The maximum absolute atomic E-state index is 12.7. The summed E-state index contributed by atoms with van der Waals surface area (Å²) >= 11 is 0. The van der Waals surface area contributed by atoms with Gasteiger partial charge in [-0.25, -0.2) is 4.79 Å². The quantitative estimate of drug-likeness (QED) is 0.521. The van der Waals surface area contributed by atoms with Gasteiger partial charge in [0.25, 0.3) is 0 Å². The van der Waals surface area contributed by atoms with Crippen LogP contribution < -0.4 is 10.6 Å². The van der Waals surface area contributed by atoms with Crippen molar-refractivity contribution in [2.24, 2.45) is 11.3 Å². The van der Waals surface area contributed by atoms with E-state index in [0.717, 1.165) is 30.4 Å². The van der Waals surface area contributed by atoms with E-state index in [1.54, 1.807) is 0 Å². The highest BCUT2D eigenvalue weighted by Gasteiger charge is 2.44. The summed E-state index contributed by atoms with van der Waals surface area (Å²) in [6, 6.07) is 16.0. The molecule has 7 heteroatoms. The lowest BCUT2D eigenvalue weighted by Crippen LogP contribution is -2.49. The number of hydrogen-bond donors (Lipinski definition) is 3. The summed E-state index contributed by atoms with van der Waals surface area (Å²) < 4.78 is 5.64. The van der Waals surface area contributed by atoms with Gasteiger partial charge in [0.05, 0.1) is 5.41 Å². The predicted molar refractivity (Wildman–Crippen MR) is 126 cm³/mol. The number of ether oxygens (including phenoxy) is 1. The van der Waals surface area contributed by atoms with E-state index in [9.17, 15) is 19.5 Å². The molecule has 2 saturated carbocycles. The Morgan fingerprint density at radius 3 is 2.15 bits per heavy atom. The third kappa shape index (κ3) is 4.39. The molecule has 2 amide bonds. The highest BCUT2D eigenvalue weighted by Crippen LogP contribution is 2.44. The number of carboxylic acid groups (broad SMARTS) is 1. The Hall–Kier alpha value is -3.35. The van der Waals surface area contributed by atoms with Gasteiger partial charge in [-0.2, -0.15) is 0 Å². The highest BCUT2D eigenvalue weighted by molar-refractivity contribution is 5.81. The molecular weight excluding hydrogens is 432 g/mol. The van der Waals surface area contributed by atoms with Crippen molar-refractivity contribution in [1.82, 2.24) is 10.6 Å². The van der Waals surface area contributed by atoms with Gasteiger partial charge in [0.15, 0.2) is 0 Å². The number of hydrogen-bond acceptors (Lipinski definition) is 4. The number of nitrogens with one attached hydrogen (secondary N) is 2. The van der Waals surface area contributed by atoms with Crippen LogP contribution in [0.2, 0.25) is 0 Å². The summed E-state index contributed by atoms with van der Waals surface area (Å²) in [5, 5.41) is 15.1. The summed E-state index contributed by atoms with van der Waals surface area (Å²) in [6.45, 7) is 0.369. The predicted octanol–water partition coefficient (Wildman–Crippen LogP) is 4.06. The van der Waals surface area contributed by atoms with Gasteiger partial charge in [0.2, 0.25) is 5.91 Å². The zero-order valence-electron chi connectivity index (χ0n) is 19.1. The number of alkyl carbamates (subject to hydrolysis) is 1. The van der Waals surface area contributed by atoms with Crippen LogP contribution in [0, 0.1) is 11.3 Å². The SMILES string of the molecule is O=C(CC(NC(=O)OCC1c2ccccc2-c2ccccc21)C1CC1)NCC1(C(=O)O)CCC1. The summed E-state index contributed by atoms with van der Waals surface area (Å²) in [4.78, 5) is 36.7. The molecule has 0 saturated heterocycles. The lowest BCUT2D eigenvalue weighted by molar-refractivity contribution is -0.154. The summed E-state index contributed by atoms with van der Waals surface area (Å²) in [5.41, 5.74) is 3.82. The van der Waals surface area contributed by atoms with Gasteiger partial charge in [-0.05, 0) is 53.9 Å². The van der Waals surface area contributed by atoms with Crippen LogP contribution >= 0.6 is 0 Å². The van der Waals surface area contributed by atoms with Crippen LogP contribution in [-0.4, -0.2) is 42.3 Å². The standard InChI is InChI=1S/C27H30N2O5/c30-24(28-16-27(25(31)32)12-5-13-27)14-23(17-10-11-17)29-26(33)34-15-22-20-8-3-1-6-18(20)19-7-2-4-9-21(19)22/h1-4,6-9,17,22-23H,5,10-16H2,(H,28,30)(H,29,33)(H,31,32). The molecule has 3 N–H and O–H groups in total. The zero-order valence-corrected chi connectivity index (χ0v) is 19.1. The smallest absolute Gasteiger partial charge is 0.407 e. The second-order valence-corrected chi connectivity index (χ2v) is 9.83. The number of amides is 2. The van der Waals surface area contributed by atoms with Gasteiger partial charge < -0.3 is 20.5 Å². The van der Waals surface area contributed by atoms with Crippen molar-refractivity contribution in [3.05, 3.63) is 59.7 Å². The fourth-order valence-electron chi connectivity index (χ4n) is 5.24. The van der Waals surface area contributed by atoms with Crippen molar-refractivity contribution in [3.63, 3.8) is 0 Å². The molecule has 0 aliphatic heterocycles. The Morgan fingerprint density at radius 1 is 1.00 bits per heavy atom. The van der Waals surface area contributed by atoms with E-state index in [1.165, 1.54) is 11.1 Å². The summed E-state index contributed by atoms with van der Waals surface area (Å²) in [6.07, 6.45) is 3.58. The number of carbonyl (C=O) groups is 3. The molecule has 0 radical (unpaired) electrons. The average Bonchev–Trinajstić information content (AvgIpc) is 3.59. The fourth-order valence-corrected chi connectivity index (χ4v) is 5.24. The van der Waals surface area contributed by atoms with Crippen molar-refractivity contribution < 1.29 is 24.2 Å². The Balaban J connectivity index is 1.16. The van der Waals surface area contributed by atoms with E-state index >= 15 is 0 Å². The summed E-state index contributed by atoms with van der Waals surface area (Å²) in [5.74, 6) is -0.850. The molecule has 178 valence electrons. The first kappa shape index (κ1) is 22.4. The number of benzene rings is 2. The maximum atomic E-state index is 12.7. The minimum Gasteiger partial charge on any atom is -0.481 e. The normalized spacial score (nSPS) is 18.7. The molecule has 1 unspecified atom stereocenters. The molecule has 3 aliphatic carbocycles. The molecule has 34 heavy (non-hydrogen) atoms. The molecule has 7 nitrogen and oxygen atoms in total. The fraction of sp³-hybridized carbons (Fsp3) is 0.444. The first-order valence-corrected chi connectivity index (χ1v) is 12.1. The van der Waals surface area contributed by atoms with Gasteiger partial charge in [0.1, 0.15) is 6.61 Å². The van der Waals surface area contributed by atoms with E-state index in [2.05, 4.69) is 34.9 Å². The zero-order chi connectivity index (χ0) is 23.7. The van der Waals surface area contributed by atoms with Crippen molar-refractivity contribution in [1.29, 1.82) is 0 Å². The minimum atomic E-state index is -0.852. The van der Waals surface area contributed by atoms with Crippen LogP contribution in [0.15, 0.2) is 48.5 Å². The van der Waals surface area contributed by atoms with Gasteiger partial charge in [0, 0.05) is 24.9 Å². The van der Waals surface area contributed by atoms with Crippen LogP contribution in [-0.2, 0) is 14.3 Å². The Kier molecular flexibility index (Phi) is 6.02. The van der Waals surface area contributed by atoms with Crippen LogP contribution in [0.5, 0.6) is 0 Å². The lowest BCUT2D eigenvalue weighted by atomic mass is 9.69. The van der Waals surface area contributed by atoms with E-state index in [4.69, 9.17) is 4.74 Å². The second-order valence-electron chi connectivity index (χ2n) is 9.83. The minimum absolute atomic E-state index is 0.0180. The topological polar surface area (TPSA) is 105 Å². The number of carbonyl (C=O) groups excluding carboxylic acids is 2. The van der Waals surface area contributed by atoms with Gasteiger partial charge in [-0.3, -0.25) is 9.59 Å². The van der Waals surface area contributed by atoms with Gasteiger partial charge in [-0.15, -0.1) is 0 Å². The number of fused-ring (bicyclic) bond motifs is 3. The van der Waals surface area contributed by atoms with E-state index in [1.807, 2.05) is 24.3 Å². The van der Waals surface area contributed by atoms with Crippen molar-refractivity contribution >= 4 is 18.0 Å². The van der Waals surface area contributed by atoms with Crippen LogP contribution in [0.3, 0.4) is 0 Å². The third-order valence-electron chi connectivity index (χ3n) is 7.63.